The first-order valence-electron chi connectivity index (χ1n) is 14.9. The summed E-state index contributed by atoms with van der Waals surface area (Å²) >= 11 is 0. The molecule has 1 spiro atoms. The lowest BCUT2D eigenvalue weighted by molar-refractivity contribution is -0.132. The maximum absolute atomic E-state index is 13.1. The second kappa shape index (κ2) is 15.1. The summed E-state index contributed by atoms with van der Waals surface area (Å²) in [5.74, 6) is 2.04. The van der Waals surface area contributed by atoms with Crippen LogP contribution in [0.1, 0.15) is 56.9 Å². The molecule has 2 aromatic rings. The minimum Gasteiger partial charge on any atom is -0.493 e. The number of aryl methyl sites for hydroxylation is 1. The summed E-state index contributed by atoms with van der Waals surface area (Å²) in [6.45, 7) is 4.05. The van der Waals surface area contributed by atoms with Crippen molar-refractivity contribution in [2.24, 2.45) is 0 Å². The van der Waals surface area contributed by atoms with Crippen molar-refractivity contribution in [1.82, 2.24) is 20.7 Å². The van der Waals surface area contributed by atoms with Crippen molar-refractivity contribution in [2.75, 3.05) is 47.0 Å². The average molecular weight is 567 g/mol. The molecule has 9 heteroatoms. The van der Waals surface area contributed by atoms with E-state index in [0.29, 0.717) is 31.2 Å². The van der Waals surface area contributed by atoms with Crippen molar-refractivity contribution in [2.45, 2.75) is 69.9 Å². The van der Waals surface area contributed by atoms with Gasteiger partial charge in [-0.3, -0.25) is 9.59 Å². The van der Waals surface area contributed by atoms with Gasteiger partial charge in [0.05, 0.1) is 44.8 Å². The Labute approximate surface area is 244 Å². The van der Waals surface area contributed by atoms with Crippen molar-refractivity contribution in [3.05, 3.63) is 54.1 Å². The van der Waals surface area contributed by atoms with Gasteiger partial charge in [-0.1, -0.05) is 61.9 Å². The zero-order valence-electron chi connectivity index (χ0n) is 24.8. The second-order valence-electron chi connectivity index (χ2n) is 11.3. The Hall–Kier alpha value is -3.30. The van der Waals surface area contributed by atoms with Gasteiger partial charge in [-0.2, -0.15) is 0 Å². The number of amides is 2. The molecule has 9 nitrogen and oxygen atoms in total. The smallest absolute Gasteiger partial charge is 0.238 e. The number of carbonyl (C=O) groups is 2. The maximum Gasteiger partial charge on any atom is 0.238 e. The Morgan fingerprint density at radius 2 is 1.66 bits per heavy atom. The van der Waals surface area contributed by atoms with Gasteiger partial charge in [-0.25, -0.2) is 10.4 Å². The highest BCUT2D eigenvalue weighted by atomic mass is 16.5. The molecule has 1 saturated carbocycles. The minimum absolute atomic E-state index is 0.0168. The van der Waals surface area contributed by atoms with Crippen LogP contribution in [-0.4, -0.2) is 80.3 Å². The third-order valence-corrected chi connectivity index (χ3v) is 8.16. The summed E-state index contributed by atoms with van der Waals surface area (Å²) in [6.07, 6.45) is 8.04. The fourth-order valence-corrected chi connectivity index (χ4v) is 5.72. The molecule has 2 amide bonds. The number of nitrogens with one attached hydrogen (secondary N) is 2. The third kappa shape index (κ3) is 8.84. The standard InChI is InChI=1S/C32H46N4O5/c1-25-13-15-26(16-14-25)40-22-20-35(2)31(38)24-36-23-29(32(34-36)18-9-5-4-6-10-19-32)33-30(37)17-21-41-28-12-8-7-11-27(28)39-3/h7-8,11-16,29,34H,4-6,9-10,17-24H2,1-3H3,(H,33,37). The molecular weight excluding hydrogens is 520 g/mol. The van der Waals surface area contributed by atoms with Crippen LogP contribution in [0.15, 0.2) is 48.5 Å². The number of rotatable bonds is 12. The molecule has 1 atom stereocenters. The summed E-state index contributed by atoms with van der Waals surface area (Å²) in [5, 5.41) is 5.29. The molecule has 0 bridgehead atoms. The molecule has 0 aromatic heterocycles. The Bertz CT molecular complexity index is 1120. The summed E-state index contributed by atoms with van der Waals surface area (Å²) in [6, 6.07) is 15.3. The van der Waals surface area contributed by atoms with Gasteiger partial charge >= 0.3 is 0 Å². The Morgan fingerprint density at radius 1 is 0.976 bits per heavy atom. The van der Waals surface area contributed by atoms with E-state index in [1.807, 2.05) is 67.5 Å². The summed E-state index contributed by atoms with van der Waals surface area (Å²) in [7, 11) is 3.41. The maximum atomic E-state index is 13.1. The van der Waals surface area contributed by atoms with Crippen molar-refractivity contribution >= 4 is 11.8 Å². The van der Waals surface area contributed by atoms with E-state index in [2.05, 4.69) is 10.7 Å². The van der Waals surface area contributed by atoms with Gasteiger partial charge in [0.15, 0.2) is 11.5 Å². The van der Waals surface area contributed by atoms with Gasteiger partial charge in [0.1, 0.15) is 12.4 Å². The first-order valence-corrected chi connectivity index (χ1v) is 14.9. The fourth-order valence-electron chi connectivity index (χ4n) is 5.72. The van der Waals surface area contributed by atoms with Gasteiger partial charge in [-0.05, 0) is 44.0 Å². The van der Waals surface area contributed by atoms with E-state index in [1.165, 1.54) is 24.8 Å². The zero-order chi connectivity index (χ0) is 29.1. The Kier molecular flexibility index (Phi) is 11.3. The lowest BCUT2D eigenvalue weighted by Gasteiger charge is -2.37. The molecule has 4 rings (SSSR count). The molecule has 1 unspecified atom stereocenters. The van der Waals surface area contributed by atoms with Crippen LogP contribution in [0, 0.1) is 6.92 Å². The van der Waals surface area contributed by atoms with E-state index in [4.69, 9.17) is 14.2 Å². The number of ether oxygens (including phenoxy) is 3. The van der Waals surface area contributed by atoms with E-state index in [0.717, 1.165) is 31.4 Å². The number of hydrazine groups is 1. The van der Waals surface area contributed by atoms with Crippen LogP contribution in [0.2, 0.25) is 0 Å². The number of nitrogens with zero attached hydrogens (tertiary/aromatic N) is 2. The van der Waals surface area contributed by atoms with Crippen molar-refractivity contribution in [1.29, 1.82) is 0 Å². The summed E-state index contributed by atoms with van der Waals surface area (Å²) < 4.78 is 17.0. The first-order chi connectivity index (χ1) is 19.9. The molecule has 1 aliphatic carbocycles. The first kappa shape index (κ1) is 30.7. The van der Waals surface area contributed by atoms with E-state index < -0.39 is 0 Å². The highest BCUT2D eigenvalue weighted by molar-refractivity contribution is 5.78. The third-order valence-electron chi connectivity index (χ3n) is 8.16. The van der Waals surface area contributed by atoms with Crippen LogP contribution in [0.5, 0.6) is 17.2 Å². The predicted molar refractivity (Wildman–Crippen MR) is 159 cm³/mol. The number of carbonyl (C=O) groups excluding carboxylic acids is 2. The normalized spacial score (nSPS) is 18.8. The van der Waals surface area contributed by atoms with Crippen LogP contribution in [0.25, 0.3) is 0 Å². The van der Waals surface area contributed by atoms with Crippen LogP contribution >= 0.6 is 0 Å². The number of likely N-dealkylation sites (N-methyl/N-ethyl adjacent to an activating group) is 1. The van der Waals surface area contributed by atoms with Crippen molar-refractivity contribution < 1.29 is 23.8 Å². The van der Waals surface area contributed by atoms with Gasteiger partial charge < -0.3 is 24.4 Å². The van der Waals surface area contributed by atoms with Crippen LogP contribution in [-0.2, 0) is 9.59 Å². The lowest BCUT2D eigenvalue weighted by Crippen LogP contribution is -2.57. The predicted octanol–water partition coefficient (Wildman–Crippen LogP) is 4.10. The molecule has 2 N–H and O–H groups in total. The number of hydrogen-bond donors (Lipinski definition) is 2. The summed E-state index contributed by atoms with van der Waals surface area (Å²) in [5.41, 5.74) is 4.63. The zero-order valence-corrected chi connectivity index (χ0v) is 24.8. The highest BCUT2D eigenvalue weighted by Crippen LogP contribution is 2.33. The SMILES string of the molecule is COc1ccccc1OCCC(=O)NC1CN(CC(=O)N(C)CCOc2ccc(C)cc2)NC12CCCCCCC2. The Morgan fingerprint density at radius 3 is 2.37 bits per heavy atom. The van der Waals surface area contributed by atoms with Crippen molar-refractivity contribution in [3.8, 4) is 17.2 Å². The number of hydrogen-bond acceptors (Lipinski definition) is 7. The fraction of sp³-hybridized carbons (Fsp3) is 0.562. The Balaban J connectivity index is 1.30. The van der Waals surface area contributed by atoms with Gasteiger partial charge in [-0.15, -0.1) is 0 Å². The largest absolute Gasteiger partial charge is 0.493 e. The lowest BCUT2D eigenvalue weighted by atomic mass is 9.79. The number of benzene rings is 2. The van der Waals surface area contributed by atoms with E-state index in [1.54, 1.807) is 12.0 Å². The molecule has 2 aliphatic rings. The molecule has 2 fully saturated rings. The molecule has 1 saturated heterocycles. The molecule has 1 heterocycles. The second-order valence-corrected chi connectivity index (χ2v) is 11.3. The number of para-hydroxylation sites is 2. The minimum atomic E-state index is -0.243. The van der Waals surface area contributed by atoms with E-state index in [9.17, 15) is 9.59 Å². The topological polar surface area (TPSA) is 92.4 Å². The molecule has 224 valence electrons. The average Bonchev–Trinajstić information content (AvgIpc) is 3.28. The highest BCUT2D eigenvalue weighted by Gasteiger charge is 2.46. The van der Waals surface area contributed by atoms with E-state index in [-0.39, 0.29) is 43.0 Å². The van der Waals surface area contributed by atoms with Gasteiger partial charge in [0.2, 0.25) is 11.8 Å². The van der Waals surface area contributed by atoms with E-state index >= 15 is 0 Å². The number of methoxy groups -OCH3 is 1. The quantitative estimate of drug-likeness (QED) is 0.400. The molecule has 0 radical (unpaired) electrons. The summed E-state index contributed by atoms with van der Waals surface area (Å²) in [4.78, 5) is 27.9. The molecule has 1 aliphatic heterocycles. The van der Waals surface area contributed by atoms with Crippen molar-refractivity contribution in [3.63, 3.8) is 0 Å². The molecule has 41 heavy (non-hydrogen) atoms. The molecule has 2 aromatic carbocycles. The monoisotopic (exact) mass is 566 g/mol. The van der Waals surface area contributed by atoms with Crippen LogP contribution < -0.4 is 25.0 Å². The van der Waals surface area contributed by atoms with Gasteiger partial charge in [0, 0.05) is 13.6 Å². The molecular formula is C32H46N4O5. The van der Waals surface area contributed by atoms with Crippen LogP contribution in [0.4, 0.5) is 0 Å². The van der Waals surface area contributed by atoms with Crippen LogP contribution in [0.3, 0.4) is 0 Å². The van der Waals surface area contributed by atoms with Gasteiger partial charge in [0.25, 0.3) is 0 Å².